The molecule has 0 aliphatic rings. The minimum Gasteiger partial charge on any atom is -0.490 e. The SMILES string of the molecule is C[C@@H](CCO)Oc1cc(Nc2ccnc(-c3c[nH]n(C)c3=O)n2)ncc1-c1cn(C)cc1OCC(F)(F)F. The second-order valence-corrected chi connectivity index (χ2v) is 8.55. The summed E-state index contributed by atoms with van der Waals surface area (Å²) in [6, 6.07) is 3.16. The van der Waals surface area contributed by atoms with E-state index in [2.05, 4.69) is 25.4 Å². The summed E-state index contributed by atoms with van der Waals surface area (Å²) >= 11 is 0. The zero-order chi connectivity index (χ0) is 27.4. The predicted molar refractivity (Wildman–Crippen MR) is 132 cm³/mol. The Hall–Kier alpha value is -4.33. The molecule has 0 saturated heterocycles. The Kier molecular flexibility index (Phi) is 7.71. The van der Waals surface area contributed by atoms with Crippen LogP contribution in [-0.2, 0) is 14.1 Å². The number of rotatable bonds is 10. The van der Waals surface area contributed by atoms with Crippen LogP contribution in [0.15, 0.2) is 47.9 Å². The van der Waals surface area contributed by atoms with Crippen LogP contribution in [0, 0.1) is 0 Å². The molecule has 0 bridgehead atoms. The van der Waals surface area contributed by atoms with Crippen molar-refractivity contribution in [2.45, 2.75) is 25.6 Å². The van der Waals surface area contributed by atoms with E-state index in [-0.39, 0.29) is 29.3 Å². The number of anilines is 2. The number of pyridine rings is 1. The first-order valence-corrected chi connectivity index (χ1v) is 11.5. The molecule has 0 aliphatic carbocycles. The van der Waals surface area contributed by atoms with Crippen molar-refractivity contribution < 1.29 is 27.8 Å². The van der Waals surface area contributed by atoms with Gasteiger partial charge in [-0.25, -0.2) is 15.0 Å². The highest BCUT2D eigenvalue weighted by atomic mass is 19.4. The number of aromatic nitrogens is 6. The number of hydrogen-bond donors (Lipinski definition) is 3. The lowest BCUT2D eigenvalue weighted by Crippen LogP contribution is -2.19. The quantitative estimate of drug-likeness (QED) is 0.283. The summed E-state index contributed by atoms with van der Waals surface area (Å²) in [4.78, 5) is 25.2. The molecule has 0 unspecified atom stereocenters. The van der Waals surface area contributed by atoms with Crippen molar-refractivity contribution in [2.24, 2.45) is 14.1 Å². The third kappa shape index (κ3) is 6.32. The van der Waals surface area contributed by atoms with Crippen molar-refractivity contribution in [3.63, 3.8) is 0 Å². The third-order valence-corrected chi connectivity index (χ3v) is 5.42. The summed E-state index contributed by atoms with van der Waals surface area (Å²) in [5, 5.41) is 15.1. The van der Waals surface area contributed by atoms with E-state index in [1.54, 1.807) is 43.9 Å². The lowest BCUT2D eigenvalue weighted by atomic mass is 10.1. The van der Waals surface area contributed by atoms with Gasteiger partial charge in [0.15, 0.2) is 12.4 Å². The molecule has 0 amide bonds. The van der Waals surface area contributed by atoms with Crippen molar-refractivity contribution in [2.75, 3.05) is 18.5 Å². The van der Waals surface area contributed by atoms with E-state index in [1.165, 1.54) is 29.5 Å². The smallest absolute Gasteiger partial charge is 0.422 e. The van der Waals surface area contributed by atoms with Crippen LogP contribution < -0.4 is 20.3 Å². The molecule has 14 heteroatoms. The second kappa shape index (κ2) is 11.0. The van der Waals surface area contributed by atoms with Crippen LogP contribution in [0.1, 0.15) is 13.3 Å². The van der Waals surface area contributed by atoms with Gasteiger partial charge in [-0.3, -0.25) is 9.48 Å². The summed E-state index contributed by atoms with van der Waals surface area (Å²) in [5.41, 5.74) is 0.758. The highest BCUT2D eigenvalue weighted by Gasteiger charge is 2.29. The van der Waals surface area contributed by atoms with Gasteiger partial charge in [0.1, 0.15) is 28.7 Å². The molecule has 0 aliphatic heterocycles. The summed E-state index contributed by atoms with van der Waals surface area (Å²) in [7, 11) is 3.23. The summed E-state index contributed by atoms with van der Waals surface area (Å²) in [6.07, 6.45) is 2.89. The van der Waals surface area contributed by atoms with E-state index in [9.17, 15) is 23.1 Å². The van der Waals surface area contributed by atoms with Crippen LogP contribution in [0.25, 0.3) is 22.5 Å². The number of nitrogens with zero attached hydrogens (tertiary/aromatic N) is 5. The maximum Gasteiger partial charge on any atom is 0.422 e. The van der Waals surface area contributed by atoms with E-state index >= 15 is 0 Å². The topological polar surface area (TPSA) is 132 Å². The lowest BCUT2D eigenvalue weighted by Gasteiger charge is -2.18. The zero-order valence-electron chi connectivity index (χ0n) is 20.8. The number of hydrogen-bond acceptors (Lipinski definition) is 8. The van der Waals surface area contributed by atoms with Crippen LogP contribution in [0.3, 0.4) is 0 Å². The van der Waals surface area contributed by atoms with Gasteiger partial charge in [0.05, 0.1) is 6.10 Å². The molecule has 0 radical (unpaired) electrons. The summed E-state index contributed by atoms with van der Waals surface area (Å²) in [6.45, 7) is 0.197. The van der Waals surface area contributed by atoms with Gasteiger partial charge >= 0.3 is 6.18 Å². The fourth-order valence-corrected chi connectivity index (χ4v) is 3.61. The van der Waals surface area contributed by atoms with E-state index < -0.39 is 18.9 Å². The molecule has 0 aromatic carbocycles. The Morgan fingerprint density at radius 1 is 1.13 bits per heavy atom. The van der Waals surface area contributed by atoms with Crippen molar-refractivity contribution in [3.05, 3.63) is 53.5 Å². The molecule has 38 heavy (non-hydrogen) atoms. The van der Waals surface area contributed by atoms with Gasteiger partial charge in [0, 0.05) is 75.3 Å². The molecule has 0 spiro atoms. The normalized spacial score (nSPS) is 12.4. The lowest BCUT2D eigenvalue weighted by molar-refractivity contribution is -0.153. The van der Waals surface area contributed by atoms with E-state index in [0.717, 1.165) is 0 Å². The minimum absolute atomic E-state index is 0.0144. The van der Waals surface area contributed by atoms with Gasteiger partial charge < -0.3 is 29.6 Å². The molecule has 4 aromatic heterocycles. The van der Waals surface area contributed by atoms with Crippen molar-refractivity contribution in [1.82, 2.24) is 29.3 Å². The zero-order valence-corrected chi connectivity index (χ0v) is 20.8. The Balaban J connectivity index is 1.68. The van der Waals surface area contributed by atoms with Crippen LogP contribution in [0.2, 0.25) is 0 Å². The van der Waals surface area contributed by atoms with Crippen LogP contribution in [-0.4, -0.2) is 59.9 Å². The van der Waals surface area contributed by atoms with Gasteiger partial charge in [-0.1, -0.05) is 0 Å². The monoisotopic (exact) mass is 533 g/mol. The van der Waals surface area contributed by atoms with E-state index in [0.29, 0.717) is 34.9 Å². The molecule has 0 fully saturated rings. The summed E-state index contributed by atoms with van der Waals surface area (Å²) in [5.74, 6) is 1.19. The van der Waals surface area contributed by atoms with Crippen molar-refractivity contribution in [3.8, 4) is 34.0 Å². The van der Waals surface area contributed by atoms with Crippen LogP contribution >= 0.6 is 0 Å². The number of aryl methyl sites for hydroxylation is 2. The number of aliphatic hydroxyl groups is 1. The van der Waals surface area contributed by atoms with Crippen LogP contribution in [0.5, 0.6) is 11.5 Å². The average Bonchev–Trinajstić information content (AvgIpc) is 3.39. The third-order valence-electron chi connectivity index (χ3n) is 5.42. The molecule has 11 nitrogen and oxygen atoms in total. The highest BCUT2D eigenvalue weighted by Crippen LogP contribution is 2.39. The van der Waals surface area contributed by atoms with E-state index in [1.807, 2.05) is 0 Å². The number of alkyl halides is 3. The minimum atomic E-state index is -4.50. The van der Waals surface area contributed by atoms with E-state index in [4.69, 9.17) is 9.47 Å². The fraction of sp³-hybridized carbons (Fsp3) is 0.333. The Labute approximate surface area is 214 Å². The van der Waals surface area contributed by atoms with Crippen LogP contribution in [0.4, 0.5) is 24.8 Å². The Morgan fingerprint density at radius 3 is 2.61 bits per heavy atom. The first kappa shape index (κ1) is 26.7. The number of aliphatic hydroxyl groups excluding tert-OH is 1. The maximum absolute atomic E-state index is 12.8. The number of nitrogens with one attached hydrogen (secondary N) is 2. The van der Waals surface area contributed by atoms with Crippen molar-refractivity contribution >= 4 is 11.6 Å². The Morgan fingerprint density at radius 2 is 1.92 bits per heavy atom. The Bertz CT molecular complexity index is 1460. The molecule has 4 rings (SSSR count). The molecule has 3 N–H and O–H groups in total. The summed E-state index contributed by atoms with van der Waals surface area (Å²) < 4.78 is 52.4. The molecule has 4 aromatic rings. The molecule has 1 atom stereocenters. The van der Waals surface area contributed by atoms with Gasteiger partial charge in [-0.15, -0.1) is 0 Å². The number of ether oxygens (including phenoxy) is 2. The average molecular weight is 534 g/mol. The fourth-order valence-electron chi connectivity index (χ4n) is 3.61. The molecule has 202 valence electrons. The van der Waals surface area contributed by atoms with Gasteiger partial charge in [-0.05, 0) is 13.0 Å². The van der Waals surface area contributed by atoms with Gasteiger partial charge in [0.2, 0.25) is 0 Å². The molecule has 0 saturated carbocycles. The predicted octanol–water partition coefficient (Wildman–Crippen LogP) is 3.41. The second-order valence-electron chi connectivity index (χ2n) is 8.55. The van der Waals surface area contributed by atoms with Crippen molar-refractivity contribution in [1.29, 1.82) is 0 Å². The number of H-pyrrole nitrogens is 1. The molecular formula is C24H26F3N7O4. The maximum atomic E-state index is 12.8. The van der Waals surface area contributed by atoms with Gasteiger partial charge in [0.25, 0.3) is 5.56 Å². The number of aromatic amines is 1. The standard InChI is InChI=1S/C24H26F3N7O4/c1-14(5-7-35)38-18-8-21(31-20-4-6-28-22(32-20)16-10-30-34(3)23(16)36)29-9-15(18)17-11-33(2)12-19(17)37-13-24(25,26)27/h4,6,8-12,14,30,35H,5,7,13H2,1-3H3,(H,28,29,31,32)/t14-/m0/s1. The van der Waals surface area contributed by atoms with Gasteiger partial charge in [-0.2, -0.15) is 13.2 Å². The molecule has 4 heterocycles. The first-order valence-electron chi connectivity index (χ1n) is 11.5. The molecular weight excluding hydrogens is 507 g/mol. The largest absolute Gasteiger partial charge is 0.490 e. The highest BCUT2D eigenvalue weighted by molar-refractivity contribution is 5.76. The first-order chi connectivity index (χ1) is 18.0. The number of halogens is 3.